The van der Waals surface area contributed by atoms with Crippen LogP contribution in [0.25, 0.3) is 11.3 Å². The standard InChI is InChI=1S/C12H10N6OS2/c19-9(15-12-13-7-14-17-12)6-20-11-10(16-18-21-11)8-4-2-1-3-5-8/h1-5,7H,6H2,(H2,13,14,15,17,19). The van der Waals surface area contributed by atoms with Crippen molar-refractivity contribution in [1.29, 1.82) is 0 Å². The minimum atomic E-state index is -0.163. The van der Waals surface area contributed by atoms with E-state index < -0.39 is 0 Å². The van der Waals surface area contributed by atoms with Crippen LogP contribution in [0.3, 0.4) is 0 Å². The molecule has 21 heavy (non-hydrogen) atoms. The summed E-state index contributed by atoms with van der Waals surface area (Å²) in [5, 5.41) is 13.0. The number of nitrogens with zero attached hydrogens (tertiary/aromatic N) is 4. The summed E-state index contributed by atoms with van der Waals surface area (Å²) in [6.07, 6.45) is 1.34. The number of benzene rings is 1. The molecule has 0 aliphatic rings. The summed E-state index contributed by atoms with van der Waals surface area (Å²) in [4.78, 5) is 15.6. The molecule has 0 aliphatic carbocycles. The Morgan fingerprint density at radius 3 is 2.95 bits per heavy atom. The number of anilines is 1. The summed E-state index contributed by atoms with van der Waals surface area (Å²) in [6.45, 7) is 0. The lowest BCUT2D eigenvalue weighted by atomic mass is 10.2. The van der Waals surface area contributed by atoms with Gasteiger partial charge in [-0.2, -0.15) is 10.1 Å². The first-order valence-electron chi connectivity index (χ1n) is 5.99. The van der Waals surface area contributed by atoms with Gasteiger partial charge in [0.1, 0.15) is 16.2 Å². The second kappa shape index (κ2) is 6.46. The third kappa shape index (κ3) is 3.44. The van der Waals surface area contributed by atoms with E-state index in [-0.39, 0.29) is 11.7 Å². The molecular weight excluding hydrogens is 308 g/mol. The quantitative estimate of drug-likeness (QED) is 0.699. The molecule has 106 valence electrons. The summed E-state index contributed by atoms with van der Waals surface area (Å²) in [5.74, 6) is 0.431. The van der Waals surface area contributed by atoms with Crippen molar-refractivity contribution >= 4 is 35.1 Å². The minimum Gasteiger partial charge on any atom is -0.294 e. The van der Waals surface area contributed by atoms with Crippen LogP contribution in [0.5, 0.6) is 0 Å². The first kappa shape index (κ1) is 13.7. The largest absolute Gasteiger partial charge is 0.294 e. The second-order valence-corrected chi connectivity index (χ2v) is 5.94. The van der Waals surface area contributed by atoms with Crippen LogP contribution in [-0.4, -0.2) is 36.4 Å². The molecule has 3 rings (SSSR count). The van der Waals surface area contributed by atoms with E-state index in [1.54, 1.807) is 0 Å². The zero-order valence-electron chi connectivity index (χ0n) is 10.7. The molecule has 1 aromatic carbocycles. The van der Waals surface area contributed by atoms with Crippen molar-refractivity contribution in [2.24, 2.45) is 0 Å². The van der Waals surface area contributed by atoms with Crippen molar-refractivity contribution in [3.05, 3.63) is 36.7 Å². The van der Waals surface area contributed by atoms with Crippen LogP contribution in [-0.2, 0) is 4.79 Å². The summed E-state index contributed by atoms with van der Waals surface area (Å²) < 4.78 is 4.87. The summed E-state index contributed by atoms with van der Waals surface area (Å²) in [6, 6.07) is 9.77. The Bertz CT molecular complexity index is 712. The van der Waals surface area contributed by atoms with E-state index in [2.05, 4.69) is 30.1 Å². The molecule has 3 aromatic rings. The highest BCUT2D eigenvalue weighted by molar-refractivity contribution is 8.01. The van der Waals surface area contributed by atoms with Gasteiger partial charge in [-0.15, -0.1) is 16.9 Å². The van der Waals surface area contributed by atoms with E-state index in [4.69, 9.17) is 0 Å². The predicted molar refractivity (Wildman–Crippen MR) is 81.1 cm³/mol. The molecule has 7 nitrogen and oxygen atoms in total. The number of aromatic nitrogens is 5. The van der Waals surface area contributed by atoms with Gasteiger partial charge in [0.15, 0.2) is 0 Å². The minimum absolute atomic E-state index is 0.163. The maximum Gasteiger partial charge on any atom is 0.237 e. The van der Waals surface area contributed by atoms with Gasteiger partial charge in [0.25, 0.3) is 0 Å². The second-order valence-electron chi connectivity index (χ2n) is 3.95. The molecular formula is C12H10N6OS2. The molecule has 0 radical (unpaired) electrons. The van der Waals surface area contributed by atoms with E-state index in [1.807, 2.05) is 30.3 Å². The van der Waals surface area contributed by atoms with Crippen molar-refractivity contribution in [2.75, 3.05) is 11.1 Å². The van der Waals surface area contributed by atoms with Gasteiger partial charge in [0.05, 0.1) is 5.75 Å². The third-order valence-electron chi connectivity index (χ3n) is 2.51. The first-order valence-corrected chi connectivity index (χ1v) is 7.74. The number of rotatable bonds is 5. The maximum absolute atomic E-state index is 11.8. The van der Waals surface area contributed by atoms with Crippen molar-refractivity contribution in [3.8, 4) is 11.3 Å². The molecule has 9 heteroatoms. The predicted octanol–water partition coefficient (Wildman–Crippen LogP) is 2.05. The maximum atomic E-state index is 11.8. The molecule has 2 aromatic heterocycles. The molecule has 2 N–H and O–H groups in total. The van der Waals surface area contributed by atoms with Crippen LogP contribution in [0.15, 0.2) is 40.9 Å². The average molecular weight is 318 g/mol. The van der Waals surface area contributed by atoms with Gasteiger partial charge in [0.2, 0.25) is 11.9 Å². The number of hydrogen-bond acceptors (Lipinski definition) is 7. The van der Waals surface area contributed by atoms with Crippen molar-refractivity contribution < 1.29 is 4.79 Å². The monoisotopic (exact) mass is 318 g/mol. The van der Waals surface area contributed by atoms with E-state index in [9.17, 15) is 4.79 Å². The van der Waals surface area contributed by atoms with Gasteiger partial charge in [-0.25, -0.2) is 5.10 Å². The summed E-state index contributed by atoms with van der Waals surface area (Å²) >= 11 is 2.68. The Balaban J connectivity index is 1.64. The van der Waals surface area contributed by atoms with Crippen LogP contribution < -0.4 is 5.32 Å². The molecule has 0 saturated heterocycles. The smallest absolute Gasteiger partial charge is 0.237 e. The Morgan fingerprint density at radius 1 is 1.33 bits per heavy atom. The molecule has 0 saturated carbocycles. The Hall–Kier alpha value is -2.26. The molecule has 0 atom stereocenters. The molecule has 0 spiro atoms. The molecule has 0 unspecified atom stereocenters. The average Bonchev–Trinajstić information content (AvgIpc) is 3.17. The van der Waals surface area contributed by atoms with Crippen LogP contribution in [0.1, 0.15) is 0 Å². The number of amides is 1. The topological polar surface area (TPSA) is 96.5 Å². The number of carbonyl (C=O) groups excluding carboxylic acids is 1. The lowest BCUT2D eigenvalue weighted by molar-refractivity contribution is -0.113. The molecule has 0 bridgehead atoms. The Morgan fingerprint density at radius 2 is 2.19 bits per heavy atom. The summed E-state index contributed by atoms with van der Waals surface area (Å²) in [5.41, 5.74) is 1.79. The zero-order valence-corrected chi connectivity index (χ0v) is 12.3. The number of H-pyrrole nitrogens is 1. The van der Waals surface area contributed by atoms with Gasteiger partial charge in [-0.1, -0.05) is 34.8 Å². The Labute approximate surface area is 128 Å². The highest BCUT2D eigenvalue weighted by Crippen LogP contribution is 2.32. The number of aromatic amines is 1. The van der Waals surface area contributed by atoms with E-state index in [0.29, 0.717) is 5.95 Å². The zero-order chi connectivity index (χ0) is 14.5. The lowest BCUT2D eigenvalue weighted by Crippen LogP contribution is -2.14. The van der Waals surface area contributed by atoms with E-state index >= 15 is 0 Å². The Kier molecular flexibility index (Phi) is 4.22. The number of hydrogen-bond donors (Lipinski definition) is 2. The fourth-order valence-electron chi connectivity index (χ4n) is 1.61. The first-order chi connectivity index (χ1) is 10.3. The fourth-order valence-corrected chi connectivity index (χ4v) is 3.17. The molecule has 0 aliphatic heterocycles. The van der Waals surface area contributed by atoms with Gasteiger partial charge >= 0.3 is 0 Å². The van der Waals surface area contributed by atoms with Crippen molar-refractivity contribution in [1.82, 2.24) is 24.8 Å². The fraction of sp³-hybridized carbons (Fsp3) is 0.0833. The van der Waals surface area contributed by atoms with Crippen LogP contribution in [0, 0.1) is 0 Å². The summed E-state index contributed by atoms with van der Waals surface area (Å²) in [7, 11) is 0. The van der Waals surface area contributed by atoms with Crippen LogP contribution in [0.2, 0.25) is 0 Å². The van der Waals surface area contributed by atoms with Gasteiger partial charge in [0, 0.05) is 5.56 Å². The van der Waals surface area contributed by atoms with Crippen LogP contribution in [0.4, 0.5) is 5.95 Å². The van der Waals surface area contributed by atoms with E-state index in [0.717, 1.165) is 15.5 Å². The SMILES string of the molecule is O=C(CSc1snnc1-c1ccccc1)Nc1ncn[nH]1. The van der Waals surface area contributed by atoms with Crippen molar-refractivity contribution in [2.45, 2.75) is 4.21 Å². The van der Waals surface area contributed by atoms with Gasteiger partial charge in [-0.3, -0.25) is 10.1 Å². The van der Waals surface area contributed by atoms with Crippen molar-refractivity contribution in [3.63, 3.8) is 0 Å². The number of thioether (sulfide) groups is 1. The number of carbonyl (C=O) groups is 1. The third-order valence-corrected chi connectivity index (χ3v) is 4.47. The van der Waals surface area contributed by atoms with Gasteiger partial charge < -0.3 is 0 Å². The highest BCUT2D eigenvalue weighted by atomic mass is 32.2. The van der Waals surface area contributed by atoms with Crippen LogP contribution >= 0.6 is 23.3 Å². The highest BCUT2D eigenvalue weighted by Gasteiger charge is 2.13. The van der Waals surface area contributed by atoms with Gasteiger partial charge in [-0.05, 0) is 11.5 Å². The van der Waals surface area contributed by atoms with E-state index in [1.165, 1.54) is 29.6 Å². The number of nitrogens with one attached hydrogen (secondary N) is 2. The lowest BCUT2D eigenvalue weighted by Gasteiger charge is -2.02. The molecule has 1 amide bonds. The molecule has 2 heterocycles. The normalized spacial score (nSPS) is 10.5. The molecule has 0 fully saturated rings.